The molecule has 1 heterocycles. The molecule has 0 fully saturated rings. The smallest absolute Gasteiger partial charge is 0.272 e. The SMILES string of the molecule is CCSC1=C(c2ccc(F)cc2)C(=O)N(c2cc(OC)cc(OC)c2)C1=O. The number of ether oxygens (including phenoxy) is 2. The van der Waals surface area contributed by atoms with Gasteiger partial charge >= 0.3 is 0 Å². The zero-order valence-electron chi connectivity index (χ0n) is 15.1. The molecule has 140 valence electrons. The van der Waals surface area contributed by atoms with Crippen LogP contribution in [0.2, 0.25) is 0 Å². The number of imide groups is 1. The van der Waals surface area contributed by atoms with Crippen LogP contribution < -0.4 is 14.4 Å². The van der Waals surface area contributed by atoms with E-state index >= 15 is 0 Å². The third-order valence-electron chi connectivity index (χ3n) is 4.06. The van der Waals surface area contributed by atoms with Crippen LogP contribution in [0.5, 0.6) is 11.5 Å². The second-order valence-corrected chi connectivity index (χ2v) is 6.93. The fourth-order valence-corrected chi connectivity index (χ4v) is 3.67. The number of carbonyl (C=O) groups is 2. The van der Waals surface area contributed by atoms with Gasteiger partial charge in [0.15, 0.2) is 0 Å². The van der Waals surface area contributed by atoms with Crippen molar-refractivity contribution in [2.75, 3.05) is 24.9 Å². The predicted octanol–water partition coefficient (Wildman–Crippen LogP) is 3.88. The first-order valence-electron chi connectivity index (χ1n) is 8.25. The van der Waals surface area contributed by atoms with Gasteiger partial charge in [-0.25, -0.2) is 9.29 Å². The van der Waals surface area contributed by atoms with Crippen LogP contribution in [-0.2, 0) is 9.59 Å². The average molecular weight is 387 g/mol. The van der Waals surface area contributed by atoms with Crippen LogP contribution >= 0.6 is 11.8 Å². The number of amides is 2. The molecule has 0 aromatic heterocycles. The Labute approximate surface area is 160 Å². The minimum atomic E-state index is -0.460. The lowest BCUT2D eigenvalue weighted by molar-refractivity contribution is -0.119. The molecule has 2 amide bonds. The molecule has 0 saturated heterocycles. The summed E-state index contributed by atoms with van der Waals surface area (Å²) in [5.74, 6) is 0.262. The molecule has 0 atom stereocenters. The largest absolute Gasteiger partial charge is 0.497 e. The number of halogens is 1. The van der Waals surface area contributed by atoms with Gasteiger partial charge in [0.1, 0.15) is 17.3 Å². The molecular weight excluding hydrogens is 369 g/mol. The summed E-state index contributed by atoms with van der Waals surface area (Å²) in [7, 11) is 2.99. The Morgan fingerprint density at radius 1 is 0.963 bits per heavy atom. The van der Waals surface area contributed by atoms with Crippen molar-refractivity contribution < 1.29 is 23.5 Å². The molecular formula is C20H18FNO4S. The molecule has 0 aliphatic carbocycles. The zero-order valence-corrected chi connectivity index (χ0v) is 15.9. The zero-order chi connectivity index (χ0) is 19.6. The number of benzene rings is 2. The van der Waals surface area contributed by atoms with E-state index in [1.165, 1.54) is 50.2 Å². The highest BCUT2D eigenvalue weighted by Crippen LogP contribution is 2.40. The quantitative estimate of drug-likeness (QED) is 0.704. The van der Waals surface area contributed by atoms with Gasteiger partial charge in [-0.15, -0.1) is 11.8 Å². The Balaban J connectivity index is 2.10. The Bertz CT molecular complexity index is 902. The molecule has 0 spiro atoms. The first-order chi connectivity index (χ1) is 13.0. The van der Waals surface area contributed by atoms with Crippen molar-refractivity contribution in [3.63, 3.8) is 0 Å². The highest BCUT2D eigenvalue weighted by molar-refractivity contribution is 8.04. The van der Waals surface area contributed by atoms with Gasteiger partial charge in [-0.05, 0) is 23.4 Å². The molecule has 3 rings (SSSR count). The van der Waals surface area contributed by atoms with Crippen LogP contribution in [0, 0.1) is 5.82 Å². The summed E-state index contributed by atoms with van der Waals surface area (Å²) in [5, 5.41) is 0. The Morgan fingerprint density at radius 2 is 1.56 bits per heavy atom. The molecule has 0 unspecified atom stereocenters. The lowest BCUT2D eigenvalue weighted by Gasteiger charge is -2.17. The summed E-state index contributed by atoms with van der Waals surface area (Å²) in [6, 6.07) is 10.4. The van der Waals surface area contributed by atoms with E-state index in [1.54, 1.807) is 18.2 Å². The fraction of sp³-hybridized carbons (Fsp3) is 0.200. The van der Waals surface area contributed by atoms with Crippen molar-refractivity contribution in [3.8, 4) is 11.5 Å². The van der Waals surface area contributed by atoms with Crippen LogP contribution in [-0.4, -0.2) is 31.8 Å². The number of hydrogen-bond donors (Lipinski definition) is 0. The molecule has 0 bridgehead atoms. The maximum Gasteiger partial charge on any atom is 0.272 e. The van der Waals surface area contributed by atoms with E-state index in [9.17, 15) is 14.0 Å². The van der Waals surface area contributed by atoms with Gasteiger partial charge in [-0.1, -0.05) is 19.1 Å². The van der Waals surface area contributed by atoms with Crippen molar-refractivity contribution in [1.82, 2.24) is 0 Å². The summed E-state index contributed by atoms with van der Waals surface area (Å²) in [5.41, 5.74) is 1.13. The molecule has 1 aliphatic rings. The van der Waals surface area contributed by atoms with Gasteiger partial charge in [0, 0.05) is 18.2 Å². The molecule has 0 N–H and O–H groups in total. The normalized spacial score (nSPS) is 14.1. The minimum absolute atomic E-state index is 0.272. The number of thioether (sulfide) groups is 1. The van der Waals surface area contributed by atoms with E-state index in [4.69, 9.17) is 9.47 Å². The van der Waals surface area contributed by atoms with E-state index in [2.05, 4.69) is 0 Å². The van der Waals surface area contributed by atoms with Crippen molar-refractivity contribution in [2.24, 2.45) is 0 Å². The van der Waals surface area contributed by atoms with Crippen LogP contribution in [0.15, 0.2) is 47.4 Å². The number of carbonyl (C=O) groups excluding carboxylic acids is 2. The van der Waals surface area contributed by atoms with E-state index < -0.39 is 17.6 Å². The van der Waals surface area contributed by atoms with E-state index in [-0.39, 0.29) is 5.57 Å². The monoisotopic (exact) mass is 387 g/mol. The van der Waals surface area contributed by atoms with Crippen LogP contribution in [0.1, 0.15) is 12.5 Å². The number of hydrogen-bond acceptors (Lipinski definition) is 5. The van der Waals surface area contributed by atoms with Gasteiger partial charge in [0.25, 0.3) is 11.8 Å². The van der Waals surface area contributed by atoms with Crippen LogP contribution in [0.25, 0.3) is 5.57 Å². The topological polar surface area (TPSA) is 55.8 Å². The van der Waals surface area contributed by atoms with Crippen LogP contribution in [0.4, 0.5) is 10.1 Å². The summed E-state index contributed by atoms with van der Waals surface area (Å²) < 4.78 is 23.8. The molecule has 5 nitrogen and oxygen atoms in total. The predicted molar refractivity (Wildman–Crippen MR) is 103 cm³/mol. The second kappa shape index (κ2) is 7.84. The molecule has 0 saturated carbocycles. The standard InChI is InChI=1S/C20H18FNO4S/c1-4-27-18-17(12-5-7-13(21)8-6-12)19(23)22(20(18)24)14-9-15(25-2)11-16(10-14)26-3/h5-11H,4H2,1-3H3. The van der Waals surface area contributed by atoms with Gasteiger partial charge in [-0.2, -0.15) is 0 Å². The van der Waals surface area contributed by atoms with Crippen molar-refractivity contribution >= 4 is 34.8 Å². The van der Waals surface area contributed by atoms with Gasteiger partial charge in [0.2, 0.25) is 0 Å². The average Bonchev–Trinajstić information content (AvgIpc) is 2.92. The minimum Gasteiger partial charge on any atom is -0.497 e. The summed E-state index contributed by atoms with van der Waals surface area (Å²) >= 11 is 1.29. The highest BCUT2D eigenvalue weighted by Gasteiger charge is 2.40. The number of nitrogens with zero attached hydrogens (tertiary/aromatic N) is 1. The van der Waals surface area contributed by atoms with Gasteiger partial charge in [-0.3, -0.25) is 9.59 Å². The molecule has 1 aliphatic heterocycles. The third kappa shape index (κ3) is 3.55. The van der Waals surface area contributed by atoms with Crippen molar-refractivity contribution in [1.29, 1.82) is 0 Å². The Morgan fingerprint density at radius 3 is 2.07 bits per heavy atom. The van der Waals surface area contributed by atoms with E-state index in [1.807, 2.05) is 6.92 Å². The first-order valence-corrected chi connectivity index (χ1v) is 9.23. The number of methoxy groups -OCH3 is 2. The molecule has 2 aromatic carbocycles. The van der Waals surface area contributed by atoms with Gasteiger partial charge in [0.05, 0.1) is 30.4 Å². The molecule has 2 aromatic rings. The van der Waals surface area contributed by atoms with Crippen molar-refractivity contribution in [3.05, 3.63) is 58.8 Å². The maximum atomic E-state index is 13.3. The number of anilines is 1. The second-order valence-electron chi connectivity index (χ2n) is 5.66. The lowest BCUT2D eigenvalue weighted by atomic mass is 10.1. The summed E-state index contributed by atoms with van der Waals surface area (Å²) in [6.45, 7) is 1.90. The number of rotatable bonds is 6. The lowest BCUT2D eigenvalue weighted by Crippen LogP contribution is -2.31. The van der Waals surface area contributed by atoms with Crippen molar-refractivity contribution in [2.45, 2.75) is 6.92 Å². The van der Waals surface area contributed by atoms with Gasteiger partial charge < -0.3 is 9.47 Å². The van der Waals surface area contributed by atoms with E-state index in [0.29, 0.717) is 33.4 Å². The third-order valence-corrected chi connectivity index (χ3v) is 5.01. The summed E-state index contributed by atoms with van der Waals surface area (Å²) in [6.07, 6.45) is 0. The maximum absolute atomic E-state index is 13.3. The molecule has 7 heteroatoms. The Kier molecular flexibility index (Phi) is 5.51. The summed E-state index contributed by atoms with van der Waals surface area (Å²) in [4.78, 5) is 27.6. The fourth-order valence-electron chi connectivity index (χ4n) is 2.82. The van der Waals surface area contributed by atoms with Crippen LogP contribution in [0.3, 0.4) is 0 Å². The first kappa shape index (κ1) is 19.0. The molecule has 0 radical (unpaired) electrons. The molecule has 27 heavy (non-hydrogen) atoms. The van der Waals surface area contributed by atoms with E-state index in [0.717, 1.165) is 4.90 Å². The Hall–Kier alpha value is -2.80. The highest BCUT2D eigenvalue weighted by atomic mass is 32.2.